The van der Waals surface area contributed by atoms with Gasteiger partial charge in [-0.25, -0.2) is 8.78 Å². The van der Waals surface area contributed by atoms with E-state index in [9.17, 15) is 17.2 Å². The summed E-state index contributed by atoms with van der Waals surface area (Å²) in [5.41, 5.74) is 1.62. The van der Waals surface area contributed by atoms with Gasteiger partial charge in [0.15, 0.2) is 0 Å². The Kier molecular flexibility index (Phi) is 4.90. The summed E-state index contributed by atoms with van der Waals surface area (Å²) in [7, 11) is -4.27. The fraction of sp³-hybridized carbons (Fsp3) is 0.333. The SMILES string of the molecule is O=S(=O)(O)c1ccc(CC2CN(Cc3ccccc3)CC2(F)F)cc1. The van der Waals surface area contributed by atoms with Crippen LogP contribution in [0.3, 0.4) is 0 Å². The zero-order valence-electron chi connectivity index (χ0n) is 13.5. The summed E-state index contributed by atoms with van der Waals surface area (Å²) in [6, 6.07) is 14.9. The third kappa shape index (κ3) is 4.42. The molecule has 0 spiro atoms. The van der Waals surface area contributed by atoms with Crippen LogP contribution in [0, 0.1) is 5.92 Å². The molecule has 7 heteroatoms. The highest BCUT2D eigenvalue weighted by Gasteiger charge is 2.47. The summed E-state index contributed by atoms with van der Waals surface area (Å²) in [6.45, 7) is 0.478. The number of rotatable bonds is 5. The van der Waals surface area contributed by atoms with Gasteiger partial charge in [0, 0.05) is 19.0 Å². The van der Waals surface area contributed by atoms with E-state index in [-0.39, 0.29) is 24.4 Å². The summed E-state index contributed by atoms with van der Waals surface area (Å²) < 4.78 is 59.7. The van der Waals surface area contributed by atoms with Crippen molar-refractivity contribution < 1.29 is 21.8 Å². The zero-order valence-corrected chi connectivity index (χ0v) is 14.3. The molecule has 0 aromatic heterocycles. The van der Waals surface area contributed by atoms with Gasteiger partial charge in [-0.3, -0.25) is 9.45 Å². The van der Waals surface area contributed by atoms with Crippen molar-refractivity contribution >= 4 is 10.1 Å². The maximum absolute atomic E-state index is 14.3. The van der Waals surface area contributed by atoms with Crippen LogP contribution in [0.25, 0.3) is 0 Å². The standard InChI is InChI=1S/C18H19F2NO3S/c19-18(20)13-21(11-15-4-2-1-3-5-15)12-16(18)10-14-6-8-17(9-7-14)25(22,23)24/h1-9,16H,10-13H2,(H,22,23,24). The van der Waals surface area contributed by atoms with Crippen molar-refractivity contribution in [2.45, 2.75) is 23.8 Å². The van der Waals surface area contributed by atoms with Crippen molar-refractivity contribution in [3.8, 4) is 0 Å². The lowest BCUT2D eigenvalue weighted by Gasteiger charge is -2.17. The third-order valence-corrected chi connectivity index (χ3v) is 5.33. The Balaban J connectivity index is 1.67. The molecule has 1 saturated heterocycles. The van der Waals surface area contributed by atoms with Crippen molar-refractivity contribution in [1.29, 1.82) is 0 Å². The molecule has 0 aliphatic carbocycles. The Bertz CT molecular complexity index is 823. The van der Waals surface area contributed by atoms with Crippen molar-refractivity contribution in [3.05, 3.63) is 65.7 Å². The highest BCUT2D eigenvalue weighted by Crippen LogP contribution is 2.36. The van der Waals surface area contributed by atoms with Crippen LogP contribution in [0.5, 0.6) is 0 Å². The lowest BCUT2D eigenvalue weighted by molar-refractivity contribution is -0.0269. The minimum atomic E-state index is -4.27. The first-order valence-electron chi connectivity index (χ1n) is 7.94. The fourth-order valence-corrected chi connectivity index (χ4v) is 3.67. The number of nitrogens with zero attached hydrogens (tertiary/aromatic N) is 1. The monoisotopic (exact) mass is 367 g/mol. The smallest absolute Gasteiger partial charge is 0.293 e. The Morgan fingerprint density at radius 2 is 1.68 bits per heavy atom. The lowest BCUT2D eigenvalue weighted by atomic mass is 9.96. The van der Waals surface area contributed by atoms with E-state index in [4.69, 9.17) is 4.55 Å². The molecule has 2 aromatic carbocycles. The molecule has 0 radical (unpaired) electrons. The van der Waals surface area contributed by atoms with Gasteiger partial charge in [0.2, 0.25) is 0 Å². The molecule has 0 amide bonds. The molecule has 134 valence electrons. The molecular weight excluding hydrogens is 348 g/mol. The van der Waals surface area contributed by atoms with Crippen molar-refractivity contribution in [2.75, 3.05) is 13.1 Å². The Morgan fingerprint density at radius 3 is 2.28 bits per heavy atom. The number of hydrogen-bond acceptors (Lipinski definition) is 3. The lowest BCUT2D eigenvalue weighted by Crippen LogP contribution is -2.28. The van der Waals surface area contributed by atoms with E-state index >= 15 is 0 Å². The molecule has 1 atom stereocenters. The highest BCUT2D eigenvalue weighted by atomic mass is 32.2. The highest BCUT2D eigenvalue weighted by molar-refractivity contribution is 7.85. The average Bonchev–Trinajstić information content (AvgIpc) is 2.81. The molecule has 1 heterocycles. The van der Waals surface area contributed by atoms with Crippen LogP contribution in [-0.2, 0) is 23.1 Å². The van der Waals surface area contributed by atoms with E-state index in [0.29, 0.717) is 12.1 Å². The van der Waals surface area contributed by atoms with Gasteiger partial charge in [0.1, 0.15) is 0 Å². The van der Waals surface area contributed by atoms with Crippen LogP contribution in [0.4, 0.5) is 8.78 Å². The number of halogens is 2. The summed E-state index contributed by atoms with van der Waals surface area (Å²) in [5, 5.41) is 0. The number of likely N-dealkylation sites (tertiary alicyclic amines) is 1. The van der Waals surface area contributed by atoms with Gasteiger partial charge < -0.3 is 0 Å². The molecule has 1 aliphatic rings. The molecular formula is C18H19F2NO3S. The Morgan fingerprint density at radius 1 is 1.04 bits per heavy atom. The van der Waals surface area contributed by atoms with Crippen molar-refractivity contribution in [3.63, 3.8) is 0 Å². The van der Waals surface area contributed by atoms with Gasteiger partial charge in [-0.1, -0.05) is 42.5 Å². The van der Waals surface area contributed by atoms with Crippen molar-refractivity contribution in [1.82, 2.24) is 4.90 Å². The number of benzene rings is 2. The maximum atomic E-state index is 14.3. The van der Waals surface area contributed by atoms with Gasteiger partial charge in [-0.2, -0.15) is 8.42 Å². The van der Waals surface area contributed by atoms with E-state index in [0.717, 1.165) is 5.56 Å². The molecule has 1 aliphatic heterocycles. The second kappa shape index (κ2) is 6.82. The molecule has 1 fully saturated rings. The van der Waals surface area contributed by atoms with E-state index in [1.54, 1.807) is 4.90 Å². The number of alkyl halides is 2. The minimum absolute atomic E-state index is 0.157. The van der Waals surface area contributed by atoms with Crippen LogP contribution in [-0.4, -0.2) is 36.9 Å². The predicted molar refractivity (Wildman–Crippen MR) is 90.1 cm³/mol. The molecule has 0 bridgehead atoms. The number of hydrogen-bond donors (Lipinski definition) is 1. The van der Waals surface area contributed by atoms with Gasteiger partial charge in [-0.05, 0) is 29.7 Å². The molecule has 25 heavy (non-hydrogen) atoms. The molecule has 1 N–H and O–H groups in total. The quantitative estimate of drug-likeness (QED) is 0.825. The predicted octanol–water partition coefficient (Wildman–Crippen LogP) is 3.24. The van der Waals surface area contributed by atoms with E-state index < -0.39 is 22.0 Å². The van der Waals surface area contributed by atoms with Gasteiger partial charge in [-0.15, -0.1) is 0 Å². The van der Waals surface area contributed by atoms with Crippen LogP contribution in [0.15, 0.2) is 59.5 Å². The van der Waals surface area contributed by atoms with Gasteiger partial charge in [0.25, 0.3) is 16.0 Å². The van der Waals surface area contributed by atoms with Crippen LogP contribution >= 0.6 is 0 Å². The maximum Gasteiger partial charge on any atom is 0.294 e. The fourth-order valence-electron chi connectivity index (χ4n) is 3.19. The summed E-state index contributed by atoms with van der Waals surface area (Å²) in [5.74, 6) is -3.62. The first-order chi connectivity index (χ1) is 11.7. The van der Waals surface area contributed by atoms with Crippen molar-refractivity contribution in [2.24, 2.45) is 5.92 Å². The minimum Gasteiger partial charge on any atom is -0.293 e. The first-order valence-corrected chi connectivity index (χ1v) is 9.38. The second-order valence-electron chi connectivity index (χ2n) is 6.44. The van der Waals surface area contributed by atoms with Gasteiger partial charge in [0.05, 0.1) is 11.4 Å². The normalized spacial score (nSPS) is 20.7. The average molecular weight is 367 g/mol. The summed E-state index contributed by atoms with van der Waals surface area (Å²) >= 11 is 0. The third-order valence-electron chi connectivity index (χ3n) is 4.46. The molecule has 3 rings (SSSR count). The van der Waals surface area contributed by atoms with E-state index in [1.807, 2.05) is 30.3 Å². The first kappa shape index (κ1) is 18.0. The summed E-state index contributed by atoms with van der Waals surface area (Å²) in [4.78, 5) is 1.51. The van der Waals surface area contributed by atoms with E-state index in [1.165, 1.54) is 24.3 Å². The molecule has 0 saturated carbocycles. The second-order valence-corrected chi connectivity index (χ2v) is 7.86. The topological polar surface area (TPSA) is 57.6 Å². The molecule has 2 aromatic rings. The van der Waals surface area contributed by atoms with Crippen LogP contribution < -0.4 is 0 Å². The van der Waals surface area contributed by atoms with Gasteiger partial charge >= 0.3 is 0 Å². The largest absolute Gasteiger partial charge is 0.294 e. The molecule has 1 unspecified atom stereocenters. The summed E-state index contributed by atoms with van der Waals surface area (Å²) in [6.07, 6.45) is 0.157. The molecule has 4 nitrogen and oxygen atoms in total. The Labute approximate surface area is 145 Å². The zero-order chi connectivity index (χ0) is 18.1. The van der Waals surface area contributed by atoms with Crippen LogP contribution in [0.2, 0.25) is 0 Å². The Hall–Kier alpha value is -1.83. The van der Waals surface area contributed by atoms with E-state index in [2.05, 4.69) is 0 Å². The van der Waals surface area contributed by atoms with Crippen LogP contribution in [0.1, 0.15) is 11.1 Å².